The van der Waals surface area contributed by atoms with Crippen LogP contribution < -0.4 is 25.3 Å². The summed E-state index contributed by atoms with van der Waals surface area (Å²) < 4.78 is 9.61. The van der Waals surface area contributed by atoms with Crippen LogP contribution in [0.4, 0.5) is 17.1 Å². The molecule has 8 rings (SSSR count). The molecule has 0 radical (unpaired) electrons. The van der Waals surface area contributed by atoms with Gasteiger partial charge >= 0.3 is 0 Å². The molecule has 3 nitrogen and oxygen atoms in total. The minimum Gasteiger partial charge on any atom is -0.440 e. The van der Waals surface area contributed by atoms with E-state index in [0.717, 1.165) is 30.9 Å². The normalized spacial score (nSPS) is 18.8. The van der Waals surface area contributed by atoms with Gasteiger partial charge in [0.05, 0.1) is 5.69 Å². The van der Waals surface area contributed by atoms with Gasteiger partial charge in [-0.25, -0.2) is 4.98 Å². The molecule has 4 heterocycles. The number of aromatic nitrogens is 1. The van der Waals surface area contributed by atoms with Crippen molar-refractivity contribution in [2.75, 3.05) is 4.90 Å². The Morgan fingerprint density at radius 1 is 0.851 bits per heavy atom. The summed E-state index contributed by atoms with van der Waals surface area (Å²) >= 11 is 1.97. The van der Waals surface area contributed by atoms with Crippen molar-refractivity contribution in [1.29, 1.82) is 0 Å². The maximum Gasteiger partial charge on any atom is 0.271 e. The Morgan fingerprint density at radius 2 is 1.60 bits per heavy atom. The fourth-order valence-electron chi connectivity index (χ4n) is 8.41. The van der Waals surface area contributed by atoms with Gasteiger partial charge < -0.3 is 9.64 Å². The van der Waals surface area contributed by atoms with Gasteiger partial charge in [0.2, 0.25) is 5.88 Å². The predicted octanol–water partition coefficient (Wildman–Crippen LogP) is 10.1. The van der Waals surface area contributed by atoms with Gasteiger partial charge in [0.15, 0.2) is 0 Å². The van der Waals surface area contributed by atoms with E-state index >= 15 is 0 Å². The average molecular weight is 639 g/mol. The van der Waals surface area contributed by atoms with Crippen molar-refractivity contribution in [3.8, 4) is 11.6 Å². The fourth-order valence-corrected chi connectivity index (χ4v) is 9.71. The molecule has 0 spiro atoms. The molecular weight excluding hydrogens is 591 g/mol. The average Bonchev–Trinajstić information content (AvgIpc) is 3.46. The first-order chi connectivity index (χ1) is 22.8. The van der Waals surface area contributed by atoms with Crippen LogP contribution in [0.3, 0.4) is 0 Å². The van der Waals surface area contributed by atoms with Gasteiger partial charge in [-0.15, -0.1) is 11.3 Å². The number of thiophene rings is 1. The third-order valence-corrected chi connectivity index (χ3v) is 12.9. The molecule has 0 saturated heterocycles. The summed E-state index contributed by atoms with van der Waals surface area (Å²) in [6.07, 6.45) is 12.6. The highest BCUT2D eigenvalue weighted by atomic mass is 32.1. The Bertz CT molecular complexity index is 1990. The molecule has 240 valence electrons. The molecule has 3 aliphatic rings. The van der Waals surface area contributed by atoms with Crippen molar-refractivity contribution >= 4 is 60.9 Å². The number of fused-ring (bicyclic) bond motifs is 7. The van der Waals surface area contributed by atoms with Crippen LogP contribution in [0, 0.1) is 0 Å². The van der Waals surface area contributed by atoms with E-state index in [1.807, 2.05) is 17.5 Å². The Morgan fingerprint density at radius 3 is 2.34 bits per heavy atom. The molecule has 0 fully saturated rings. The lowest BCUT2D eigenvalue weighted by Crippen LogP contribution is -2.59. The van der Waals surface area contributed by atoms with Crippen LogP contribution >= 0.6 is 11.3 Å². The largest absolute Gasteiger partial charge is 0.440 e. The second-order valence-electron chi connectivity index (χ2n) is 15.2. The lowest BCUT2D eigenvalue weighted by atomic mass is 9.36. The van der Waals surface area contributed by atoms with Crippen LogP contribution in [-0.2, 0) is 23.7 Å². The van der Waals surface area contributed by atoms with E-state index < -0.39 is 0 Å². The van der Waals surface area contributed by atoms with Crippen LogP contribution in [0.25, 0.3) is 10.1 Å². The third kappa shape index (κ3) is 4.86. The first-order valence-corrected chi connectivity index (χ1v) is 18.9. The molecule has 1 unspecified atom stereocenters. The second kappa shape index (κ2) is 11.5. The summed E-state index contributed by atoms with van der Waals surface area (Å²) in [7, 11) is 0. The highest BCUT2D eigenvalue weighted by Crippen LogP contribution is 2.50. The van der Waals surface area contributed by atoms with Gasteiger partial charge in [-0.3, -0.25) is 0 Å². The molecule has 0 saturated carbocycles. The standard InChI is InChI=1S/C42H47BN2OS/c1-7-10-12-27-14-17-29(18-15-27)45-34-20-23-44-40-37(34)43(39-38(45)30-24-28(13-11-8-2)16-19-36(30)47-39)33-25-32-31(26-35(33)46-40)41(4,5)21-22-42(32,6)9-3/h14-20,23-26H,7-13,21-22H2,1-6H3. The number of hydrogen-bond acceptors (Lipinski definition) is 4. The molecule has 5 aromatic rings. The van der Waals surface area contributed by atoms with E-state index in [1.54, 1.807) is 0 Å². The molecule has 2 aliphatic heterocycles. The Hall–Kier alpha value is -3.57. The number of anilines is 3. The number of aryl methyl sites for hydroxylation is 2. The molecule has 3 aromatic carbocycles. The summed E-state index contributed by atoms with van der Waals surface area (Å²) in [5.74, 6) is 1.74. The van der Waals surface area contributed by atoms with Crippen LogP contribution in [0.1, 0.15) is 109 Å². The van der Waals surface area contributed by atoms with Gasteiger partial charge in [0.25, 0.3) is 6.71 Å². The van der Waals surface area contributed by atoms with Crippen molar-refractivity contribution in [3.05, 3.63) is 89.1 Å². The number of ether oxygens (including phenoxy) is 1. The maximum atomic E-state index is 6.85. The first-order valence-electron chi connectivity index (χ1n) is 18.1. The molecule has 0 amide bonds. The van der Waals surface area contributed by atoms with Crippen LogP contribution in [0.15, 0.2) is 66.9 Å². The van der Waals surface area contributed by atoms with Crippen LogP contribution in [0.5, 0.6) is 11.6 Å². The van der Waals surface area contributed by atoms with Gasteiger partial charge in [-0.1, -0.05) is 78.6 Å². The monoisotopic (exact) mass is 638 g/mol. The van der Waals surface area contributed by atoms with E-state index in [9.17, 15) is 0 Å². The van der Waals surface area contributed by atoms with Gasteiger partial charge in [0.1, 0.15) is 5.75 Å². The van der Waals surface area contributed by atoms with E-state index in [1.165, 1.54) is 104 Å². The number of pyridine rings is 1. The van der Waals surface area contributed by atoms with E-state index in [4.69, 9.17) is 9.72 Å². The maximum absolute atomic E-state index is 6.85. The van der Waals surface area contributed by atoms with E-state index in [2.05, 4.69) is 107 Å². The lowest BCUT2D eigenvalue weighted by Gasteiger charge is -2.45. The summed E-state index contributed by atoms with van der Waals surface area (Å²) in [6.45, 7) is 14.3. The van der Waals surface area contributed by atoms with Gasteiger partial charge in [-0.05, 0) is 120 Å². The van der Waals surface area contributed by atoms with Crippen molar-refractivity contribution < 1.29 is 4.74 Å². The van der Waals surface area contributed by atoms with Crippen molar-refractivity contribution in [2.24, 2.45) is 0 Å². The van der Waals surface area contributed by atoms with E-state index in [-0.39, 0.29) is 17.5 Å². The van der Waals surface area contributed by atoms with Gasteiger partial charge in [-0.2, -0.15) is 0 Å². The summed E-state index contributed by atoms with van der Waals surface area (Å²) in [5.41, 5.74) is 12.3. The number of nitrogens with zero attached hydrogens (tertiary/aromatic N) is 2. The summed E-state index contributed by atoms with van der Waals surface area (Å²) in [6, 6.07) is 23.7. The first kappa shape index (κ1) is 30.7. The van der Waals surface area contributed by atoms with Gasteiger partial charge in [0, 0.05) is 37.9 Å². The van der Waals surface area contributed by atoms with Crippen molar-refractivity contribution in [1.82, 2.24) is 4.98 Å². The number of hydrogen-bond donors (Lipinski definition) is 0. The number of benzene rings is 3. The highest BCUT2D eigenvalue weighted by molar-refractivity contribution is 7.33. The predicted molar refractivity (Wildman–Crippen MR) is 203 cm³/mol. The molecule has 5 heteroatoms. The third-order valence-electron chi connectivity index (χ3n) is 11.7. The SMILES string of the molecule is CCCCc1ccc(N2c3ccnc4c3B(c3cc5c(cc3O4)C(C)(C)CCC5(C)CC)c3sc4ccc(CCCC)cc4c32)cc1. The molecule has 2 aromatic heterocycles. The number of rotatable bonds is 8. The van der Waals surface area contributed by atoms with Crippen LogP contribution in [0.2, 0.25) is 0 Å². The number of unbranched alkanes of at least 4 members (excludes halogenated alkanes) is 2. The van der Waals surface area contributed by atoms with Crippen LogP contribution in [-0.4, -0.2) is 11.7 Å². The minimum absolute atomic E-state index is 0.0838. The van der Waals surface area contributed by atoms with E-state index in [0.29, 0.717) is 0 Å². The Kier molecular flexibility index (Phi) is 7.55. The van der Waals surface area contributed by atoms with Crippen molar-refractivity contribution in [3.63, 3.8) is 0 Å². The topological polar surface area (TPSA) is 25.4 Å². The van der Waals surface area contributed by atoms with Crippen molar-refractivity contribution in [2.45, 2.75) is 110 Å². The zero-order chi connectivity index (χ0) is 32.5. The lowest BCUT2D eigenvalue weighted by molar-refractivity contribution is 0.304. The molecule has 1 atom stereocenters. The molecule has 1 aliphatic carbocycles. The molecule has 47 heavy (non-hydrogen) atoms. The molecular formula is C42H47BN2OS. The highest BCUT2D eigenvalue weighted by Gasteiger charge is 2.47. The second-order valence-corrected chi connectivity index (χ2v) is 16.3. The smallest absolute Gasteiger partial charge is 0.271 e. The summed E-state index contributed by atoms with van der Waals surface area (Å²) in [4.78, 5) is 7.43. The minimum atomic E-state index is 0.0838. The zero-order valence-electron chi connectivity index (χ0n) is 29.0. The Balaban J connectivity index is 1.38. The zero-order valence-corrected chi connectivity index (χ0v) is 29.8. The fraction of sp³-hybridized carbons (Fsp3) is 0.405. The quantitative estimate of drug-likeness (QED) is 0.155. The Labute approximate surface area is 285 Å². The molecule has 0 bridgehead atoms. The molecule has 0 N–H and O–H groups in total. The summed E-state index contributed by atoms with van der Waals surface area (Å²) in [5, 5.41) is 1.36.